The Morgan fingerprint density at radius 1 is 1.08 bits per heavy atom. The molecule has 11 nitrogen and oxygen atoms in total. The predicted octanol–water partition coefficient (Wildman–Crippen LogP) is -0.0186. The molecule has 4 aliphatic heterocycles. The van der Waals surface area contributed by atoms with Gasteiger partial charge in [-0.1, -0.05) is 0 Å². The van der Waals surface area contributed by atoms with E-state index in [1.54, 1.807) is 0 Å². The van der Waals surface area contributed by atoms with E-state index in [0.717, 1.165) is 69.8 Å². The molecule has 0 aromatic heterocycles. The molecule has 202 valence electrons. The number of carbonyl (C=O) groups is 1. The van der Waals surface area contributed by atoms with E-state index in [2.05, 4.69) is 42.7 Å². The molecule has 4 heterocycles. The van der Waals surface area contributed by atoms with Crippen molar-refractivity contribution in [1.29, 1.82) is 5.26 Å². The second-order valence-electron chi connectivity index (χ2n) is 10.6. The van der Waals surface area contributed by atoms with E-state index < -0.39 is 0 Å². The normalized spacial score (nSPS) is 30.2. The maximum Gasteiger partial charge on any atom is 0.242 e. The second kappa shape index (κ2) is 12.4. The van der Waals surface area contributed by atoms with Gasteiger partial charge >= 0.3 is 0 Å². The highest BCUT2D eigenvalue weighted by atomic mass is 16.5. The number of ether oxygens (including phenoxy) is 1. The van der Waals surface area contributed by atoms with Crippen molar-refractivity contribution >= 4 is 11.6 Å². The summed E-state index contributed by atoms with van der Waals surface area (Å²) in [6, 6.07) is 10.3. The van der Waals surface area contributed by atoms with Crippen molar-refractivity contribution < 1.29 is 14.6 Å². The maximum absolute atomic E-state index is 12.8. The van der Waals surface area contributed by atoms with Crippen molar-refractivity contribution in [3.8, 4) is 11.8 Å². The SMILES string of the molecule is N#CCC1CCN(C2NC3CNNC(=O)C3C(Nc3ccc(OC4CCN(CCO)CC4)cc3)N2)CC1. The number of nitriles is 1. The van der Waals surface area contributed by atoms with Gasteiger partial charge in [0.05, 0.1) is 24.8 Å². The van der Waals surface area contributed by atoms with Gasteiger partial charge in [-0.2, -0.15) is 5.26 Å². The summed E-state index contributed by atoms with van der Waals surface area (Å²) in [6.07, 6.45) is 4.48. The number of hydrazine groups is 1. The van der Waals surface area contributed by atoms with Gasteiger partial charge in [0.1, 0.15) is 18.1 Å². The minimum Gasteiger partial charge on any atom is -0.490 e. The van der Waals surface area contributed by atoms with E-state index in [9.17, 15) is 4.79 Å². The van der Waals surface area contributed by atoms with Crippen molar-refractivity contribution in [2.75, 3.05) is 51.2 Å². The Hall–Kier alpha value is -2.46. The van der Waals surface area contributed by atoms with Gasteiger partial charge in [-0.05, 0) is 55.9 Å². The number of aliphatic hydroxyl groups is 1. The maximum atomic E-state index is 12.8. The lowest BCUT2D eigenvalue weighted by Crippen LogP contribution is -2.77. The first-order chi connectivity index (χ1) is 18.1. The van der Waals surface area contributed by atoms with Gasteiger partial charge in [0.25, 0.3) is 0 Å². The summed E-state index contributed by atoms with van der Waals surface area (Å²) in [4.78, 5) is 17.4. The molecule has 0 aliphatic carbocycles. The molecule has 5 rings (SSSR count). The number of benzene rings is 1. The molecule has 1 aromatic carbocycles. The fraction of sp³-hybridized carbons (Fsp3) is 0.692. The summed E-state index contributed by atoms with van der Waals surface area (Å²) in [6.45, 7) is 5.33. The summed E-state index contributed by atoms with van der Waals surface area (Å²) in [5.41, 5.74) is 6.74. The lowest BCUT2D eigenvalue weighted by Gasteiger charge is -2.49. The van der Waals surface area contributed by atoms with Crippen LogP contribution in [0.25, 0.3) is 0 Å². The molecule has 0 bridgehead atoms. The molecule has 0 radical (unpaired) electrons. The Kier molecular flexibility index (Phi) is 8.76. The summed E-state index contributed by atoms with van der Waals surface area (Å²) < 4.78 is 6.21. The van der Waals surface area contributed by atoms with Gasteiger partial charge in [-0.3, -0.25) is 25.8 Å². The average molecular weight is 513 g/mol. The molecular formula is C26H40N8O3. The van der Waals surface area contributed by atoms with Gasteiger partial charge in [-0.15, -0.1) is 0 Å². The standard InChI is InChI=1S/C26H40N8O3/c27-10-5-18-6-13-34(14-7-18)26-30-22-17-28-32-25(36)23(22)24(31-26)29-19-1-3-20(4-2-19)37-21-8-11-33(12-9-21)15-16-35/h1-4,18,21-24,26,28-31,35H,5-9,11-17H2,(H,32,36). The van der Waals surface area contributed by atoms with E-state index in [1.807, 2.05) is 24.3 Å². The molecule has 6 N–H and O–H groups in total. The molecule has 4 fully saturated rings. The number of amides is 1. The quantitative estimate of drug-likeness (QED) is 0.282. The lowest BCUT2D eigenvalue weighted by atomic mass is 9.90. The van der Waals surface area contributed by atoms with Crippen LogP contribution < -0.4 is 31.5 Å². The van der Waals surface area contributed by atoms with Gasteiger partial charge < -0.3 is 20.1 Å². The number of β-amino-alcohol motifs (C(OH)–C–C–N with tert-alkyl or cyclic N) is 1. The van der Waals surface area contributed by atoms with Crippen LogP contribution in [0.3, 0.4) is 0 Å². The third-order valence-electron chi connectivity index (χ3n) is 8.16. The summed E-state index contributed by atoms with van der Waals surface area (Å²) in [5, 5.41) is 29.0. The zero-order valence-electron chi connectivity index (χ0n) is 21.4. The monoisotopic (exact) mass is 512 g/mol. The van der Waals surface area contributed by atoms with Crippen LogP contribution in [0.15, 0.2) is 24.3 Å². The first-order valence-corrected chi connectivity index (χ1v) is 13.6. The number of fused-ring (bicyclic) bond motifs is 1. The lowest BCUT2D eigenvalue weighted by molar-refractivity contribution is -0.132. The zero-order valence-corrected chi connectivity index (χ0v) is 21.4. The average Bonchev–Trinajstić information content (AvgIpc) is 2.91. The van der Waals surface area contributed by atoms with E-state index in [1.165, 1.54) is 0 Å². The first kappa shape index (κ1) is 26.2. The number of piperidine rings is 2. The number of hydrogen-bond donors (Lipinski definition) is 6. The van der Waals surface area contributed by atoms with Gasteiger partial charge in [-0.25, -0.2) is 5.43 Å². The van der Waals surface area contributed by atoms with Gasteiger partial charge in [0.15, 0.2) is 0 Å². The fourth-order valence-corrected chi connectivity index (χ4v) is 5.99. The summed E-state index contributed by atoms with van der Waals surface area (Å²) in [7, 11) is 0. The molecule has 0 saturated carbocycles. The number of hydrogen-bond acceptors (Lipinski definition) is 10. The third-order valence-corrected chi connectivity index (χ3v) is 8.16. The largest absolute Gasteiger partial charge is 0.490 e. The summed E-state index contributed by atoms with van der Waals surface area (Å²) in [5.74, 6) is 1.02. The van der Waals surface area contributed by atoms with Crippen molar-refractivity contribution in [3.05, 3.63) is 24.3 Å². The van der Waals surface area contributed by atoms with Crippen LogP contribution in [0, 0.1) is 23.2 Å². The molecule has 1 amide bonds. The number of nitrogens with zero attached hydrogens (tertiary/aromatic N) is 3. The molecule has 4 atom stereocenters. The topological polar surface area (TPSA) is 137 Å². The summed E-state index contributed by atoms with van der Waals surface area (Å²) >= 11 is 0. The Morgan fingerprint density at radius 3 is 2.54 bits per heavy atom. The van der Waals surface area contributed by atoms with Crippen LogP contribution in [-0.4, -0.2) is 91.3 Å². The van der Waals surface area contributed by atoms with E-state index >= 15 is 0 Å². The van der Waals surface area contributed by atoms with Crippen LogP contribution in [0.1, 0.15) is 32.1 Å². The fourth-order valence-electron chi connectivity index (χ4n) is 5.99. The third kappa shape index (κ3) is 6.52. The molecule has 4 aliphatic rings. The van der Waals surface area contributed by atoms with E-state index in [-0.39, 0.29) is 43.0 Å². The zero-order chi connectivity index (χ0) is 25.6. The highest BCUT2D eigenvalue weighted by molar-refractivity contribution is 5.81. The molecule has 4 saturated heterocycles. The second-order valence-corrected chi connectivity index (χ2v) is 10.6. The van der Waals surface area contributed by atoms with Crippen LogP contribution in [0.5, 0.6) is 5.75 Å². The van der Waals surface area contributed by atoms with Crippen molar-refractivity contribution in [2.45, 2.75) is 56.7 Å². The van der Waals surface area contributed by atoms with Crippen LogP contribution in [0.2, 0.25) is 0 Å². The number of likely N-dealkylation sites (tertiary alicyclic amines) is 2. The van der Waals surface area contributed by atoms with Crippen LogP contribution >= 0.6 is 0 Å². The Balaban J connectivity index is 1.19. The minimum absolute atomic E-state index is 0.00589. The molecule has 37 heavy (non-hydrogen) atoms. The smallest absolute Gasteiger partial charge is 0.242 e. The Bertz CT molecular complexity index is 925. The van der Waals surface area contributed by atoms with Crippen molar-refractivity contribution in [1.82, 2.24) is 31.3 Å². The Labute approximate surface area is 218 Å². The van der Waals surface area contributed by atoms with E-state index in [4.69, 9.17) is 15.1 Å². The van der Waals surface area contributed by atoms with Crippen LogP contribution in [0.4, 0.5) is 5.69 Å². The molecule has 1 aromatic rings. The highest BCUT2D eigenvalue weighted by Crippen LogP contribution is 2.26. The first-order valence-electron chi connectivity index (χ1n) is 13.6. The molecule has 11 heteroatoms. The minimum atomic E-state index is -0.270. The number of aliphatic hydroxyl groups excluding tert-OH is 1. The number of rotatable bonds is 8. The molecule has 4 unspecified atom stereocenters. The predicted molar refractivity (Wildman–Crippen MR) is 139 cm³/mol. The van der Waals surface area contributed by atoms with Crippen molar-refractivity contribution in [2.24, 2.45) is 11.8 Å². The Morgan fingerprint density at radius 2 is 1.84 bits per heavy atom. The van der Waals surface area contributed by atoms with Crippen molar-refractivity contribution in [3.63, 3.8) is 0 Å². The molecule has 0 spiro atoms. The number of nitrogens with one attached hydrogen (secondary N) is 5. The van der Waals surface area contributed by atoms with Gasteiger partial charge in [0, 0.05) is 57.4 Å². The number of carbonyl (C=O) groups excluding carboxylic acids is 1. The molecular weight excluding hydrogens is 472 g/mol. The van der Waals surface area contributed by atoms with Crippen LogP contribution in [-0.2, 0) is 4.79 Å². The highest BCUT2D eigenvalue weighted by Gasteiger charge is 2.45. The van der Waals surface area contributed by atoms with E-state index in [0.29, 0.717) is 18.9 Å². The number of anilines is 1. The van der Waals surface area contributed by atoms with Gasteiger partial charge in [0.2, 0.25) is 5.91 Å².